The van der Waals surface area contributed by atoms with Crippen LogP contribution >= 0.6 is 0 Å². The van der Waals surface area contributed by atoms with Crippen LogP contribution in [-0.4, -0.2) is 83.8 Å². The van der Waals surface area contributed by atoms with E-state index in [1.54, 1.807) is 13.4 Å². The molecule has 4 heterocycles. The molecule has 0 aliphatic carbocycles. The molecule has 218 valence electrons. The highest BCUT2D eigenvalue weighted by atomic mass is 16.5. The minimum absolute atomic E-state index is 0.0867. The molecule has 2 aromatic heterocycles. The van der Waals surface area contributed by atoms with E-state index in [4.69, 9.17) is 13.9 Å². The fourth-order valence-electron chi connectivity index (χ4n) is 6.27. The van der Waals surface area contributed by atoms with E-state index in [1.165, 1.54) is 0 Å². The van der Waals surface area contributed by atoms with Crippen molar-refractivity contribution in [1.82, 2.24) is 20.1 Å². The Morgan fingerprint density at radius 3 is 2.63 bits per heavy atom. The normalized spacial score (nSPS) is 18.6. The lowest BCUT2D eigenvalue weighted by Gasteiger charge is -2.39. The number of aromatic amines is 1. The molecule has 0 bridgehead atoms. The van der Waals surface area contributed by atoms with Gasteiger partial charge in [-0.3, -0.25) is 9.69 Å². The number of carbonyl (C=O) groups excluding carboxylic acids is 1. The van der Waals surface area contributed by atoms with E-state index in [0.29, 0.717) is 24.1 Å². The summed E-state index contributed by atoms with van der Waals surface area (Å²) in [6.07, 6.45) is 5.19. The summed E-state index contributed by atoms with van der Waals surface area (Å²) in [6.45, 7) is 7.53. The first-order valence-corrected chi connectivity index (χ1v) is 14.7. The van der Waals surface area contributed by atoms with Crippen molar-refractivity contribution < 1.29 is 23.8 Å². The number of hydrogen-bond donors (Lipinski definition) is 3. The Balaban J connectivity index is 1.04. The van der Waals surface area contributed by atoms with Crippen LogP contribution in [0.4, 0.5) is 0 Å². The second kappa shape index (κ2) is 12.1. The van der Waals surface area contributed by atoms with Gasteiger partial charge in [0.1, 0.15) is 29.4 Å². The number of ether oxygens (including phenoxy) is 2. The van der Waals surface area contributed by atoms with Crippen LogP contribution in [0.3, 0.4) is 0 Å². The van der Waals surface area contributed by atoms with E-state index in [2.05, 4.69) is 27.0 Å². The molecule has 2 fully saturated rings. The highest BCUT2D eigenvalue weighted by Crippen LogP contribution is 2.33. The molecule has 2 saturated heterocycles. The minimum atomic E-state index is -0.137. The summed E-state index contributed by atoms with van der Waals surface area (Å²) in [6, 6.07) is 14.0. The molecule has 4 aromatic rings. The van der Waals surface area contributed by atoms with Crippen molar-refractivity contribution in [3.63, 3.8) is 0 Å². The van der Waals surface area contributed by atoms with Gasteiger partial charge in [0.15, 0.2) is 0 Å². The predicted octanol–water partition coefficient (Wildman–Crippen LogP) is 4.54. The highest BCUT2D eigenvalue weighted by Gasteiger charge is 2.26. The monoisotopic (exact) mass is 560 g/mol. The second-order valence-electron chi connectivity index (χ2n) is 11.4. The highest BCUT2D eigenvalue weighted by molar-refractivity contribution is 5.99. The van der Waals surface area contributed by atoms with Gasteiger partial charge in [-0.15, -0.1) is 0 Å². The van der Waals surface area contributed by atoms with Crippen molar-refractivity contribution in [3.05, 3.63) is 60.0 Å². The number of H-pyrrole nitrogens is 1. The molecular weight excluding hydrogens is 520 g/mol. The van der Waals surface area contributed by atoms with Crippen LogP contribution < -0.4 is 14.8 Å². The number of nitrogens with zero attached hydrogens (tertiary/aromatic N) is 2. The van der Waals surface area contributed by atoms with Gasteiger partial charge in [-0.1, -0.05) is 12.1 Å². The lowest BCUT2D eigenvalue weighted by atomic mass is 10.0. The van der Waals surface area contributed by atoms with E-state index < -0.39 is 0 Å². The predicted molar refractivity (Wildman–Crippen MR) is 159 cm³/mol. The SMILES string of the molecule is COc1cccc2occ(COc3cccc4[nH]c(C(=O)NC5CCN(C[C@H](C)N6CCC(O)CC6)CC5)cc34)c12. The smallest absolute Gasteiger partial charge is 0.267 e. The third-order valence-electron chi connectivity index (χ3n) is 8.68. The van der Waals surface area contributed by atoms with Gasteiger partial charge in [0.25, 0.3) is 5.91 Å². The van der Waals surface area contributed by atoms with Crippen LogP contribution in [0.5, 0.6) is 11.5 Å². The molecule has 3 N–H and O–H groups in total. The summed E-state index contributed by atoms with van der Waals surface area (Å²) in [5.41, 5.74) is 3.05. The number of carbonyl (C=O) groups is 1. The zero-order valence-corrected chi connectivity index (χ0v) is 23.9. The number of methoxy groups -OCH3 is 1. The molecule has 0 spiro atoms. The Hall–Kier alpha value is -3.53. The van der Waals surface area contributed by atoms with Gasteiger partial charge in [0.2, 0.25) is 0 Å². The molecule has 6 rings (SSSR count). The van der Waals surface area contributed by atoms with Gasteiger partial charge in [0.05, 0.1) is 24.9 Å². The number of amides is 1. The number of aliphatic hydroxyl groups excluding tert-OH is 1. The average Bonchev–Trinajstić information content (AvgIpc) is 3.62. The van der Waals surface area contributed by atoms with Crippen molar-refractivity contribution in [2.75, 3.05) is 39.8 Å². The number of likely N-dealkylation sites (tertiary alicyclic amines) is 2. The Morgan fingerprint density at radius 2 is 1.85 bits per heavy atom. The number of nitrogens with one attached hydrogen (secondary N) is 2. The third-order valence-corrected chi connectivity index (χ3v) is 8.68. The molecule has 41 heavy (non-hydrogen) atoms. The van der Waals surface area contributed by atoms with E-state index >= 15 is 0 Å². The molecule has 1 atom stereocenters. The Kier molecular flexibility index (Phi) is 8.18. The maximum atomic E-state index is 13.2. The molecule has 9 nitrogen and oxygen atoms in total. The average molecular weight is 561 g/mol. The number of furan rings is 1. The molecule has 2 aliphatic heterocycles. The fourth-order valence-corrected chi connectivity index (χ4v) is 6.27. The first-order valence-electron chi connectivity index (χ1n) is 14.7. The van der Waals surface area contributed by atoms with Crippen LogP contribution in [0.25, 0.3) is 21.9 Å². The molecule has 0 saturated carbocycles. The van der Waals surface area contributed by atoms with E-state index in [1.807, 2.05) is 42.5 Å². The Labute approximate surface area is 240 Å². The van der Waals surface area contributed by atoms with E-state index in [0.717, 1.165) is 91.6 Å². The summed E-state index contributed by atoms with van der Waals surface area (Å²) in [4.78, 5) is 21.5. The molecule has 2 aliphatic rings. The maximum Gasteiger partial charge on any atom is 0.267 e. The molecule has 1 amide bonds. The second-order valence-corrected chi connectivity index (χ2v) is 11.4. The lowest BCUT2D eigenvalue weighted by molar-refractivity contribution is 0.0497. The summed E-state index contributed by atoms with van der Waals surface area (Å²) in [5.74, 6) is 1.36. The van der Waals surface area contributed by atoms with Crippen LogP contribution in [0, 0.1) is 0 Å². The number of hydrogen-bond acceptors (Lipinski definition) is 7. The largest absolute Gasteiger partial charge is 0.496 e. The lowest BCUT2D eigenvalue weighted by Crippen LogP contribution is -2.50. The molecule has 0 radical (unpaired) electrons. The number of benzene rings is 2. The zero-order chi connectivity index (χ0) is 28.3. The van der Waals surface area contributed by atoms with Crippen LogP contribution in [0.1, 0.15) is 48.7 Å². The first kappa shape index (κ1) is 27.6. The van der Waals surface area contributed by atoms with Gasteiger partial charge >= 0.3 is 0 Å². The van der Waals surface area contributed by atoms with E-state index in [-0.39, 0.29) is 18.1 Å². The molecule has 2 aromatic carbocycles. The number of piperidine rings is 2. The van der Waals surface area contributed by atoms with Gasteiger partial charge in [-0.25, -0.2) is 0 Å². The van der Waals surface area contributed by atoms with Crippen LogP contribution in [0.15, 0.2) is 53.1 Å². The third kappa shape index (κ3) is 6.07. The quantitative estimate of drug-likeness (QED) is 0.276. The summed E-state index contributed by atoms with van der Waals surface area (Å²) < 4.78 is 17.4. The molecule has 9 heteroatoms. The van der Waals surface area contributed by atoms with Crippen LogP contribution in [-0.2, 0) is 6.61 Å². The number of aromatic nitrogens is 1. The Bertz CT molecular complexity index is 1480. The van der Waals surface area contributed by atoms with Crippen molar-refractivity contribution >= 4 is 27.8 Å². The fraction of sp³-hybridized carbons (Fsp3) is 0.469. The van der Waals surface area contributed by atoms with Crippen LogP contribution in [0.2, 0.25) is 0 Å². The Morgan fingerprint density at radius 1 is 1.10 bits per heavy atom. The summed E-state index contributed by atoms with van der Waals surface area (Å²) in [5, 5.41) is 14.8. The van der Waals surface area contributed by atoms with Crippen molar-refractivity contribution in [2.24, 2.45) is 0 Å². The van der Waals surface area contributed by atoms with E-state index in [9.17, 15) is 9.90 Å². The molecular formula is C32H40N4O5. The topological polar surface area (TPSA) is 103 Å². The number of aliphatic hydroxyl groups is 1. The maximum absolute atomic E-state index is 13.2. The summed E-state index contributed by atoms with van der Waals surface area (Å²) in [7, 11) is 1.65. The summed E-state index contributed by atoms with van der Waals surface area (Å²) >= 11 is 0. The minimum Gasteiger partial charge on any atom is -0.496 e. The van der Waals surface area contributed by atoms with Gasteiger partial charge in [-0.05, 0) is 62.9 Å². The van der Waals surface area contributed by atoms with Crippen molar-refractivity contribution in [3.8, 4) is 11.5 Å². The first-order chi connectivity index (χ1) is 20.0. The van der Waals surface area contributed by atoms with Crippen molar-refractivity contribution in [2.45, 2.75) is 57.4 Å². The van der Waals surface area contributed by atoms with Gasteiger partial charge in [0, 0.05) is 61.3 Å². The van der Waals surface area contributed by atoms with Crippen molar-refractivity contribution in [1.29, 1.82) is 0 Å². The van der Waals surface area contributed by atoms with Gasteiger partial charge < -0.3 is 34.2 Å². The zero-order valence-electron chi connectivity index (χ0n) is 23.9. The standard InChI is InChI=1S/C32H40N4O5/c1-21(36-15-11-24(37)12-16-36)18-35-13-9-23(10-14-35)33-32(38)27-17-25-26(34-27)5-3-6-28(25)40-19-22-20-41-30-8-4-7-29(39-2)31(22)30/h3-8,17,20-21,23-24,34,37H,9-16,18-19H2,1-2H3,(H,33,38)/t21-/m0/s1. The number of fused-ring (bicyclic) bond motifs is 2. The van der Waals surface area contributed by atoms with Gasteiger partial charge in [-0.2, -0.15) is 0 Å². The number of rotatable bonds is 9. The molecule has 0 unspecified atom stereocenters.